The van der Waals surface area contributed by atoms with Crippen molar-refractivity contribution in [3.05, 3.63) is 0 Å². The van der Waals surface area contributed by atoms with E-state index in [-0.39, 0.29) is 11.9 Å². The monoisotopic (exact) mass is 266 g/mol. The minimum absolute atomic E-state index is 0.0185. The summed E-state index contributed by atoms with van der Waals surface area (Å²) in [5.41, 5.74) is 0. The van der Waals surface area contributed by atoms with Crippen LogP contribution in [0.1, 0.15) is 77.6 Å². The van der Waals surface area contributed by atoms with Crippen LogP contribution in [0.2, 0.25) is 0 Å². The highest BCUT2D eigenvalue weighted by Crippen LogP contribution is 2.19. The van der Waals surface area contributed by atoms with Gasteiger partial charge >= 0.3 is 0 Å². The van der Waals surface area contributed by atoms with Crippen LogP contribution in [0.3, 0.4) is 0 Å². The molecule has 0 bridgehead atoms. The predicted molar refractivity (Wildman–Crippen MR) is 79.1 cm³/mol. The summed E-state index contributed by atoms with van der Waals surface area (Å²) in [4.78, 5) is 12.3. The molecule has 2 rings (SSSR count). The van der Waals surface area contributed by atoms with Crippen LogP contribution >= 0.6 is 0 Å². The molecule has 2 aliphatic carbocycles. The van der Waals surface area contributed by atoms with Crippen molar-refractivity contribution < 1.29 is 4.79 Å². The first-order valence-electron chi connectivity index (χ1n) is 8.36. The average Bonchev–Trinajstić information content (AvgIpc) is 2.47. The number of carbonyl (C=O) groups excluding carboxylic acids is 1. The molecule has 2 saturated carbocycles. The quantitative estimate of drug-likeness (QED) is 0.802. The van der Waals surface area contributed by atoms with Crippen LogP contribution in [-0.4, -0.2) is 24.0 Å². The van der Waals surface area contributed by atoms with Crippen molar-refractivity contribution in [2.24, 2.45) is 0 Å². The van der Waals surface area contributed by atoms with Gasteiger partial charge in [0.1, 0.15) is 0 Å². The highest BCUT2D eigenvalue weighted by atomic mass is 16.2. The Kier molecular flexibility index (Phi) is 6.15. The molecule has 2 aliphatic rings. The molecule has 0 aromatic rings. The molecule has 0 aliphatic heterocycles. The third-order valence-corrected chi connectivity index (χ3v) is 4.72. The van der Waals surface area contributed by atoms with Gasteiger partial charge in [0.05, 0.1) is 6.04 Å². The first-order chi connectivity index (χ1) is 9.29. The second-order valence-electron chi connectivity index (χ2n) is 6.31. The number of hydrogen-bond donors (Lipinski definition) is 2. The Labute approximate surface area is 117 Å². The maximum Gasteiger partial charge on any atom is 0.237 e. The van der Waals surface area contributed by atoms with Crippen molar-refractivity contribution in [1.29, 1.82) is 0 Å². The number of carbonyl (C=O) groups is 1. The normalized spacial score (nSPS) is 24.1. The molecule has 19 heavy (non-hydrogen) atoms. The Morgan fingerprint density at radius 2 is 1.47 bits per heavy atom. The van der Waals surface area contributed by atoms with Crippen molar-refractivity contribution in [2.75, 3.05) is 0 Å². The second kappa shape index (κ2) is 7.88. The summed E-state index contributed by atoms with van der Waals surface area (Å²) >= 11 is 0. The van der Waals surface area contributed by atoms with Crippen LogP contribution in [0.25, 0.3) is 0 Å². The number of rotatable bonds is 5. The van der Waals surface area contributed by atoms with Crippen LogP contribution in [-0.2, 0) is 4.79 Å². The van der Waals surface area contributed by atoms with Crippen molar-refractivity contribution in [2.45, 2.75) is 95.7 Å². The van der Waals surface area contributed by atoms with E-state index in [1.54, 1.807) is 0 Å². The van der Waals surface area contributed by atoms with Crippen molar-refractivity contribution in [3.63, 3.8) is 0 Å². The molecule has 3 heteroatoms. The lowest BCUT2D eigenvalue weighted by atomic mass is 9.93. The lowest BCUT2D eigenvalue weighted by Gasteiger charge is -2.29. The summed E-state index contributed by atoms with van der Waals surface area (Å²) in [7, 11) is 0. The minimum atomic E-state index is 0.0185. The van der Waals surface area contributed by atoms with Gasteiger partial charge in [0.2, 0.25) is 5.91 Å². The van der Waals surface area contributed by atoms with Crippen LogP contribution in [0.5, 0.6) is 0 Å². The molecule has 1 atom stereocenters. The third kappa shape index (κ3) is 4.79. The van der Waals surface area contributed by atoms with Crippen molar-refractivity contribution in [3.8, 4) is 0 Å². The fourth-order valence-corrected chi connectivity index (χ4v) is 3.48. The van der Waals surface area contributed by atoms with E-state index in [1.807, 2.05) is 0 Å². The largest absolute Gasteiger partial charge is 0.352 e. The van der Waals surface area contributed by atoms with Crippen molar-refractivity contribution in [1.82, 2.24) is 10.6 Å². The van der Waals surface area contributed by atoms with Gasteiger partial charge in [-0.15, -0.1) is 0 Å². The summed E-state index contributed by atoms with van der Waals surface area (Å²) in [6.07, 6.45) is 13.6. The SMILES string of the molecule is CC[C@H](NC1CCCCC1)C(=O)NC1CCCCC1. The molecule has 0 aromatic heterocycles. The van der Waals surface area contributed by atoms with E-state index in [4.69, 9.17) is 0 Å². The third-order valence-electron chi connectivity index (χ3n) is 4.72. The molecule has 3 nitrogen and oxygen atoms in total. The summed E-state index contributed by atoms with van der Waals surface area (Å²) in [6, 6.07) is 1.02. The van der Waals surface area contributed by atoms with E-state index in [2.05, 4.69) is 17.6 Å². The predicted octanol–water partition coefficient (Wildman–Crippen LogP) is 3.14. The van der Waals surface area contributed by atoms with Gasteiger partial charge in [-0.3, -0.25) is 4.79 Å². The van der Waals surface area contributed by atoms with Crippen LogP contribution in [0.4, 0.5) is 0 Å². The van der Waals surface area contributed by atoms with Gasteiger partial charge in [0.25, 0.3) is 0 Å². The molecule has 0 radical (unpaired) electrons. The van der Waals surface area contributed by atoms with Crippen molar-refractivity contribution >= 4 is 5.91 Å². The number of nitrogens with one attached hydrogen (secondary N) is 2. The fourth-order valence-electron chi connectivity index (χ4n) is 3.48. The van der Waals surface area contributed by atoms with Gasteiger partial charge < -0.3 is 10.6 Å². The number of hydrogen-bond acceptors (Lipinski definition) is 2. The van der Waals surface area contributed by atoms with Gasteiger partial charge in [-0.25, -0.2) is 0 Å². The summed E-state index contributed by atoms with van der Waals surface area (Å²) in [5, 5.41) is 6.84. The Morgan fingerprint density at radius 1 is 0.947 bits per heavy atom. The van der Waals surface area contributed by atoms with Crippen LogP contribution < -0.4 is 10.6 Å². The molecular weight excluding hydrogens is 236 g/mol. The van der Waals surface area contributed by atoms with E-state index in [9.17, 15) is 4.79 Å². The Balaban J connectivity index is 1.76. The molecule has 0 spiro atoms. The van der Waals surface area contributed by atoms with E-state index >= 15 is 0 Å². The highest BCUT2D eigenvalue weighted by Gasteiger charge is 2.24. The standard InChI is InChI=1S/C16H30N2O/c1-2-15(17-13-9-5-3-6-10-13)16(19)18-14-11-7-4-8-12-14/h13-15,17H,2-12H2,1H3,(H,18,19)/t15-/m0/s1. The Morgan fingerprint density at radius 3 is 2.00 bits per heavy atom. The van der Waals surface area contributed by atoms with E-state index in [0.717, 1.165) is 6.42 Å². The zero-order valence-electron chi connectivity index (χ0n) is 12.4. The van der Waals surface area contributed by atoms with Gasteiger partial charge in [-0.2, -0.15) is 0 Å². The van der Waals surface area contributed by atoms with Gasteiger partial charge in [0.15, 0.2) is 0 Å². The van der Waals surface area contributed by atoms with E-state index in [1.165, 1.54) is 64.2 Å². The van der Waals surface area contributed by atoms with E-state index < -0.39 is 0 Å². The van der Waals surface area contributed by atoms with E-state index in [0.29, 0.717) is 12.1 Å². The molecule has 0 aromatic carbocycles. The lowest BCUT2D eigenvalue weighted by molar-refractivity contribution is -0.124. The maximum atomic E-state index is 12.3. The molecule has 1 amide bonds. The maximum absolute atomic E-state index is 12.3. The van der Waals surface area contributed by atoms with Gasteiger partial charge in [0, 0.05) is 12.1 Å². The minimum Gasteiger partial charge on any atom is -0.352 e. The smallest absolute Gasteiger partial charge is 0.237 e. The summed E-state index contributed by atoms with van der Waals surface area (Å²) in [6.45, 7) is 2.11. The zero-order valence-corrected chi connectivity index (χ0v) is 12.4. The summed E-state index contributed by atoms with van der Waals surface area (Å²) < 4.78 is 0. The second-order valence-corrected chi connectivity index (χ2v) is 6.31. The van der Waals surface area contributed by atoms with Gasteiger partial charge in [-0.05, 0) is 32.1 Å². The number of amides is 1. The molecule has 0 heterocycles. The Hall–Kier alpha value is -0.570. The molecule has 2 N–H and O–H groups in total. The lowest BCUT2D eigenvalue weighted by Crippen LogP contribution is -2.51. The topological polar surface area (TPSA) is 41.1 Å². The molecule has 0 saturated heterocycles. The zero-order chi connectivity index (χ0) is 13.5. The fraction of sp³-hybridized carbons (Fsp3) is 0.938. The molecule has 110 valence electrons. The summed E-state index contributed by atoms with van der Waals surface area (Å²) in [5.74, 6) is 0.236. The highest BCUT2D eigenvalue weighted by molar-refractivity contribution is 5.82. The first-order valence-corrected chi connectivity index (χ1v) is 8.36. The molecular formula is C16H30N2O. The molecule has 0 unspecified atom stereocenters. The van der Waals surface area contributed by atoms with Gasteiger partial charge in [-0.1, -0.05) is 45.4 Å². The first kappa shape index (κ1) is 14.8. The van der Waals surface area contributed by atoms with Crippen LogP contribution in [0.15, 0.2) is 0 Å². The molecule has 2 fully saturated rings. The van der Waals surface area contributed by atoms with Crippen LogP contribution in [0, 0.1) is 0 Å². The Bertz CT molecular complexity index is 268. The average molecular weight is 266 g/mol.